The summed E-state index contributed by atoms with van der Waals surface area (Å²) in [6.07, 6.45) is 2.15. The van der Waals surface area contributed by atoms with E-state index in [0.29, 0.717) is 0 Å². The fraction of sp³-hybridized carbons (Fsp3) is 0.500. The van der Waals surface area contributed by atoms with E-state index < -0.39 is 6.23 Å². The van der Waals surface area contributed by atoms with Crippen LogP contribution in [0, 0.1) is 0 Å². The molecule has 0 aromatic heterocycles. The van der Waals surface area contributed by atoms with E-state index in [4.69, 9.17) is 5.11 Å². The molecule has 54 valence electrons. The molecule has 0 saturated heterocycles. The Bertz CT molecular complexity index is 88.6. The van der Waals surface area contributed by atoms with E-state index >= 15 is 0 Å². The summed E-state index contributed by atoms with van der Waals surface area (Å²) in [6.45, 7) is 1.56. The third kappa shape index (κ3) is 7.58. The summed E-state index contributed by atoms with van der Waals surface area (Å²) < 4.78 is 13.4. The van der Waals surface area contributed by atoms with Crippen molar-refractivity contribution in [3.8, 4) is 0 Å². The van der Waals surface area contributed by atoms with Crippen molar-refractivity contribution >= 4 is 12.3 Å². The number of aliphatic hydroxyl groups excluding tert-OH is 1. The third-order valence-electron chi connectivity index (χ3n) is 0.533. The van der Waals surface area contributed by atoms with Gasteiger partial charge in [0.2, 0.25) is 0 Å². The van der Waals surface area contributed by atoms with Gasteiger partial charge in [-0.2, -0.15) is 0 Å². The van der Waals surface area contributed by atoms with Crippen molar-refractivity contribution < 1.29 is 8.99 Å². The maximum atomic E-state index is 11.2. The molecule has 0 spiro atoms. The fourth-order valence-electron chi connectivity index (χ4n) is 0.247. The van der Waals surface area contributed by atoms with Gasteiger partial charge >= 0.3 is 0 Å². The second-order valence-electron chi connectivity index (χ2n) is 1.37. The smallest absolute Gasteiger partial charge is 0.161 e. The summed E-state index contributed by atoms with van der Waals surface area (Å²) in [6, 6.07) is 0. The molecule has 0 fully saturated rings. The molecule has 5 heteroatoms. The van der Waals surface area contributed by atoms with Gasteiger partial charge in [-0.15, -0.1) is 3.89 Å². The highest BCUT2D eigenvalue weighted by Crippen LogP contribution is 1.89. The van der Waals surface area contributed by atoms with E-state index in [0.717, 1.165) is 0 Å². The van der Waals surface area contributed by atoms with E-state index in [-0.39, 0.29) is 12.3 Å². The molecule has 0 radical (unpaired) electrons. The normalized spacial score (nSPS) is 13.7. The SMILES string of the molecule is C[C@H](O)N/C=C\NSF. The van der Waals surface area contributed by atoms with Crippen molar-refractivity contribution in [2.24, 2.45) is 0 Å². The molecule has 0 unspecified atom stereocenters. The maximum absolute atomic E-state index is 11.2. The van der Waals surface area contributed by atoms with Gasteiger partial charge < -0.3 is 15.1 Å². The zero-order chi connectivity index (χ0) is 7.11. The van der Waals surface area contributed by atoms with Crippen LogP contribution in [0.3, 0.4) is 0 Å². The first-order valence-electron chi connectivity index (χ1n) is 2.39. The van der Waals surface area contributed by atoms with Gasteiger partial charge in [0.15, 0.2) is 12.3 Å². The molecular formula is C4H9FN2OS. The van der Waals surface area contributed by atoms with E-state index in [9.17, 15) is 3.89 Å². The van der Waals surface area contributed by atoms with Crippen molar-refractivity contribution in [3.63, 3.8) is 0 Å². The molecule has 3 nitrogen and oxygen atoms in total. The minimum Gasteiger partial charge on any atom is -0.374 e. The summed E-state index contributed by atoms with van der Waals surface area (Å²) in [5, 5.41) is 11.1. The van der Waals surface area contributed by atoms with Crippen LogP contribution in [-0.2, 0) is 0 Å². The Labute approximate surface area is 57.8 Å². The number of halogens is 1. The molecule has 0 aliphatic rings. The molecule has 0 aliphatic heterocycles. The van der Waals surface area contributed by atoms with Gasteiger partial charge in [-0.25, -0.2) is 0 Å². The zero-order valence-corrected chi connectivity index (χ0v) is 5.78. The lowest BCUT2D eigenvalue weighted by Crippen LogP contribution is -2.19. The lowest BCUT2D eigenvalue weighted by molar-refractivity contribution is 0.173. The summed E-state index contributed by atoms with van der Waals surface area (Å²) in [4.78, 5) is 0. The minimum absolute atomic E-state index is 0.00515. The molecule has 3 N–H and O–H groups in total. The molecule has 1 atom stereocenters. The Kier molecular flexibility index (Phi) is 5.45. The van der Waals surface area contributed by atoms with Crippen LogP contribution in [0.1, 0.15) is 6.92 Å². The topological polar surface area (TPSA) is 44.3 Å². The molecule has 0 saturated carbocycles. The van der Waals surface area contributed by atoms with Crippen LogP contribution in [-0.4, -0.2) is 11.3 Å². The number of rotatable bonds is 4. The average Bonchev–Trinajstić information content (AvgIpc) is 1.80. The van der Waals surface area contributed by atoms with Crippen LogP contribution < -0.4 is 10.0 Å². The lowest BCUT2D eigenvalue weighted by Gasteiger charge is -2.00. The largest absolute Gasteiger partial charge is 0.374 e. The number of hydrogen-bond donors (Lipinski definition) is 3. The van der Waals surface area contributed by atoms with Crippen LogP contribution in [0.4, 0.5) is 3.89 Å². The molecule has 0 aromatic carbocycles. The van der Waals surface area contributed by atoms with Crippen molar-refractivity contribution in [2.45, 2.75) is 13.2 Å². The first kappa shape index (κ1) is 8.58. The Hall–Kier alpha value is -0.420. The molecule has 9 heavy (non-hydrogen) atoms. The van der Waals surface area contributed by atoms with Gasteiger partial charge in [-0.3, -0.25) is 0 Å². The standard InChI is InChI=1S/C4H9FN2OS/c1-4(8)6-2-3-7-9-5/h2-4,6-8H,1H3/b3-2-/t4-/m0/s1. The molecule has 0 rings (SSSR count). The van der Waals surface area contributed by atoms with Crippen molar-refractivity contribution in [1.29, 1.82) is 0 Å². The van der Waals surface area contributed by atoms with Crippen LogP contribution in [0.2, 0.25) is 0 Å². The van der Waals surface area contributed by atoms with Crippen molar-refractivity contribution in [1.82, 2.24) is 10.0 Å². The highest BCUT2D eigenvalue weighted by atomic mass is 32.2. The second kappa shape index (κ2) is 5.71. The number of nitrogens with one attached hydrogen (secondary N) is 2. The zero-order valence-electron chi connectivity index (χ0n) is 4.97. The Balaban J connectivity index is 3.04. The third-order valence-corrected chi connectivity index (χ3v) is 0.759. The molecule has 0 aliphatic carbocycles. The monoisotopic (exact) mass is 152 g/mol. The van der Waals surface area contributed by atoms with E-state index in [2.05, 4.69) is 10.0 Å². The number of hydrogen-bond acceptors (Lipinski definition) is 4. The molecule has 0 heterocycles. The van der Waals surface area contributed by atoms with Gasteiger partial charge in [0.25, 0.3) is 0 Å². The number of aliphatic hydroxyl groups is 1. The van der Waals surface area contributed by atoms with Crippen LogP contribution >= 0.6 is 12.3 Å². The van der Waals surface area contributed by atoms with Crippen molar-refractivity contribution in [3.05, 3.63) is 12.4 Å². The van der Waals surface area contributed by atoms with Gasteiger partial charge in [0, 0.05) is 12.4 Å². The highest BCUT2D eigenvalue weighted by molar-refractivity contribution is 7.92. The van der Waals surface area contributed by atoms with Gasteiger partial charge in [-0.1, -0.05) is 0 Å². The van der Waals surface area contributed by atoms with E-state index in [1.165, 1.54) is 12.4 Å². The predicted molar refractivity (Wildman–Crippen MR) is 35.8 cm³/mol. The molecule has 0 bridgehead atoms. The summed E-state index contributed by atoms with van der Waals surface area (Å²) in [5.74, 6) is 0. The average molecular weight is 152 g/mol. The van der Waals surface area contributed by atoms with E-state index in [1.807, 2.05) is 0 Å². The van der Waals surface area contributed by atoms with Crippen LogP contribution in [0.15, 0.2) is 12.4 Å². The summed E-state index contributed by atoms with van der Waals surface area (Å²) in [7, 11) is 0. The lowest BCUT2D eigenvalue weighted by atomic mass is 10.6. The van der Waals surface area contributed by atoms with Gasteiger partial charge in [0.05, 0.1) is 0 Å². The minimum atomic E-state index is -0.604. The Morgan fingerprint density at radius 2 is 2.33 bits per heavy atom. The van der Waals surface area contributed by atoms with E-state index in [1.54, 1.807) is 6.92 Å². The predicted octanol–water partition coefficient (Wildman–Crippen LogP) is 0.508. The van der Waals surface area contributed by atoms with Gasteiger partial charge in [-0.05, 0) is 6.92 Å². The molecule has 0 aromatic rings. The van der Waals surface area contributed by atoms with Crippen LogP contribution in [0.25, 0.3) is 0 Å². The first-order chi connectivity index (χ1) is 4.27. The quantitative estimate of drug-likeness (QED) is 0.405. The summed E-state index contributed by atoms with van der Waals surface area (Å²) >= 11 is -0.00515. The molecule has 0 amide bonds. The van der Waals surface area contributed by atoms with Gasteiger partial charge in [0.1, 0.15) is 6.23 Å². The highest BCUT2D eigenvalue weighted by Gasteiger charge is 1.83. The second-order valence-corrected chi connectivity index (χ2v) is 1.76. The Morgan fingerprint density at radius 3 is 2.78 bits per heavy atom. The fourth-order valence-corrected chi connectivity index (χ4v) is 0.367. The Morgan fingerprint density at radius 1 is 1.67 bits per heavy atom. The maximum Gasteiger partial charge on any atom is 0.161 e. The first-order valence-corrected chi connectivity index (χ1v) is 3.11. The van der Waals surface area contributed by atoms with Crippen molar-refractivity contribution in [2.75, 3.05) is 0 Å². The van der Waals surface area contributed by atoms with Crippen LogP contribution in [0.5, 0.6) is 0 Å². The summed E-state index contributed by atoms with van der Waals surface area (Å²) in [5.41, 5.74) is 0. The molecular weight excluding hydrogens is 143 g/mol.